The number of unbranched alkanes of at least 4 members (excludes halogenated alkanes) is 1. The van der Waals surface area contributed by atoms with E-state index < -0.39 is 56.4 Å². The second-order valence-corrected chi connectivity index (χ2v) is 12.6. The predicted molar refractivity (Wildman–Crippen MR) is 166 cm³/mol. The molecule has 250 valence electrons. The van der Waals surface area contributed by atoms with E-state index in [4.69, 9.17) is 29.0 Å². The van der Waals surface area contributed by atoms with Gasteiger partial charge in [-0.2, -0.15) is 9.97 Å². The van der Waals surface area contributed by atoms with Gasteiger partial charge < -0.3 is 25.1 Å². The number of fused-ring (bicyclic) bond motifs is 1. The van der Waals surface area contributed by atoms with Crippen LogP contribution in [-0.4, -0.2) is 74.7 Å². The maximum atomic E-state index is 14.4. The molecule has 3 heterocycles. The number of rotatable bonds is 16. The Morgan fingerprint density at radius 3 is 2.72 bits per heavy atom. The van der Waals surface area contributed by atoms with E-state index in [1.54, 1.807) is 6.92 Å². The number of aliphatic hydroxyl groups excluding tert-OH is 1. The summed E-state index contributed by atoms with van der Waals surface area (Å²) in [5, 5.41) is 18.0. The molecule has 1 saturated heterocycles. The minimum atomic E-state index is -4.31. The molecule has 2 unspecified atom stereocenters. The molecule has 18 heteroatoms. The summed E-state index contributed by atoms with van der Waals surface area (Å²) in [7, 11) is -2.91. The lowest BCUT2D eigenvalue weighted by Crippen LogP contribution is -2.43. The number of hydrogen-bond donors (Lipinski definition) is 3. The third-order valence-corrected chi connectivity index (χ3v) is 9.25. The van der Waals surface area contributed by atoms with Crippen LogP contribution in [0.3, 0.4) is 0 Å². The number of ether oxygens (including phenoxy) is 3. The summed E-state index contributed by atoms with van der Waals surface area (Å²) in [5.41, 5.74) is 14.9. The first-order valence-corrected chi connectivity index (χ1v) is 16.4. The Labute approximate surface area is 266 Å². The summed E-state index contributed by atoms with van der Waals surface area (Å²) >= 11 is 0. The lowest BCUT2D eigenvalue weighted by molar-refractivity contribution is -0.144. The first kappa shape index (κ1) is 35.0. The summed E-state index contributed by atoms with van der Waals surface area (Å²) in [6.45, 7) is 6.27. The predicted octanol–water partition coefficient (Wildman–Crippen LogP) is 4.36. The fourth-order valence-corrected chi connectivity index (χ4v) is 6.82. The highest BCUT2D eigenvalue weighted by Gasteiger charge is 2.55. The number of esters is 1. The van der Waals surface area contributed by atoms with Crippen molar-refractivity contribution in [2.45, 2.75) is 83.1 Å². The third kappa shape index (κ3) is 7.58. The summed E-state index contributed by atoms with van der Waals surface area (Å²) in [4.78, 5) is 28.0. The van der Waals surface area contributed by atoms with Crippen molar-refractivity contribution in [3.05, 3.63) is 52.7 Å². The molecule has 4 N–H and O–H groups in total. The molecule has 0 aliphatic carbocycles. The van der Waals surface area contributed by atoms with Crippen LogP contribution in [0.5, 0.6) is 5.88 Å². The standard InChI is InChI=1S/C28H40N9O8P/c1-6-8-14-19(18-12-10-9-11-13-18)45-46(40,34-17(3)25(39)42-7-2)43-15-20-22(38)28(4,35-36-30)26(44-20)37-16-31-21-23(37)32-27(29)33-24(21)41-5/h9-13,16-17,19-20,22,26,38H,6-8,14-15H2,1-5H3,(H,34,40)(H2,29,32,33)/t17-,19?,20+,22+,26+,28+,46?/m0/s1. The Bertz CT molecular complexity index is 1590. The second-order valence-electron chi connectivity index (χ2n) is 10.8. The number of benzene rings is 1. The Morgan fingerprint density at radius 1 is 1.33 bits per heavy atom. The van der Waals surface area contributed by atoms with Crippen LogP contribution in [-0.2, 0) is 27.9 Å². The smallest absolute Gasteiger partial charge is 0.406 e. The molecule has 4 rings (SSSR count). The molecule has 0 saturated carbocycles. The highest BCUT2D eigenvalue weighted by Crippen LogP contribution is 2.51. The van der Waals surface area contributed by atoms with Crippen LogP contribution in [0.15, 0.2) is 41.8 Å². The van der Waals surface area contributed by atoms with E-state index in [2.05, 4.69) is 30.1 Å². The van der Waals surface area contributed by atoms with Crippen molar-refractivity contribution in [2.24, 2.45) is 5.11 Å². The van der Waals surface area contributed by atoms with Gasteiger partial charge in [-0.3, -0.25) is 18.4 Å². The van der Waals surface area contributed by atoms with Crippen molar-refractivity contribution in [3.8, 4) is 5.88 Å². The van der Waals surface area contributed by atoms with E-state index in [-0.39, 0.29) is 29.6 Å². The number of carbonyl (C=O) groups is 1. The van der Waals surface area contributed by atoms with E-state index >= 15 is 0 Å². The van der Waals surface area contributed by atoms with Crippen molar-refractivity contribution in [1.29, 1.82) is 0 Å². The molecule has 7 atom stereocenters. The molecule has 2 aromatic heterocycles. The SMILES string of the molecule is CCCCC(OP(=O)(N[C@@H](C)C(=O)OCC)OC[C@H]1O[C@@H](n2cnc3c(OC)nc(N)nc32)[C@](C)(N=[N+]=[N-])[C@@H]1O)c1ccccc1. The first-order chi connectivity index (χ1) is 22.0. The number of methoxy groups -OCH3 is 1. The van der Waals surface area contributed by atoms with E-state index in [0.29, 0.717) is 6.42 Å². The van der Waals surface area contributed by atoms with Crippen molar-refractivity contribution in [3.63, 3.8) is 0 Å². The average molecular weight is 662 g/mol. The number of nitrogens with one attached hydrogen (secondary N) is 1. The molecular weight excluding hydrogens is 621 g/mol. The van der Waals surface area contributed by atoms with Gasteiger partial charge in [-0.1, -0.05) is 55.2 Å². The minimum Gasteiger partial charge on any atom is -0.479 e. The highest BCUT2D eigenvalue weighted by atomic mass is 31.2. The number of carbonyl (C=O) groups excluding carboxylic acids is 1. The Morgan fingerprint density at radius 2 is 2.07 bits per heavy atom. The quantitative estimate of drug-likeness (QED) is 0.0637. The van der Waals surface area contributed by atoms with Crippen molar-refractivity contribution in [2.75, 3.05) is 26.1 Å². The normalized spacial score (nSPS) is 23.7. The molecule has 46 heavy (non-hydrogen) atoms. The van der Waals surface area contributed by atoms with Gasteiger partial charge in [0.25, 0.3) is 0 Å². The molecule has 0 bridgehead atoms. The van der Waals surface area contributed by atoms with Gasteiger partial charge in [-0.25, -0.2) is 14.6 Å². The topological polar surface area (TPSA) is 231 Å². The maximum absolute atomic E-state index is 14.4. The van der Waals surface area contributed by atoms with Gasteiger partial charge in [-0.15, -0.1) is 0 Å². The van der Waals surface area contributed by atoms with E-state index in [9.17, 15) is 20.0 Å². The van der Waals surface area contributed by atoms with Gasteiger partial charge in [-0.05, 0) is 38.3 Å². The van der Waals surface area contributed by atoms with Crippen LogP contribution in [0.25, 0.3) is 21.6 Å². The highest BCUT2D eigenvalue weighted by molar-refractivity contribution is 7.51. The van der Waals surface area contributed by atoms with Crippen LogP contribution in [0.4, 0.5) is 5.95 Å². The molecular formula is C28H40N9O8P. The summed E-state index contributed by atoms with van der Waals surface area (Å²) in [5.74, 6) is -0.649. The van der Waals surface area contributed by atoms with Crippen LogP contribution < -0.4 is 15.6 Å². The Hall–Kier alpha value is -3.82. The summed E-state index contributed by atoms with van der Waals surface area (Å²) in [6.07, 6.45) is -0.966. The fraction of sp³-hybridized carbons (Fsp3) is 0.571. The molecule has 1 aromatic carbocycles. The number of nitrogens with two attached hydrogens (primary N) is 1. The first-order valence-electron chi connectivity index (χ1n) is 14.9. The second kappa shape index (κ2) is 15.2. The van der Waals surface area contributed by atoms with Crippen LogP contribution in [0, 0.1) is 0 Å². The Kier molecular flexibility index (Phi) is 11.6. The molecule has 1 aliphatic rings. The van der Waals surface area contributed by atoms with Crippen LogP contribution in [0.2, 0.25) is 0 Å². The number of anilines is 1. The zero-order valence-electron chi connectivity index (χ0n) is 26.3. The molecule has 1 fully saturated rings. The van der Waals surface area contributed by atoms with Gasteiger partial charge in [0.1, 0.15) is 17.7 Å². The van der Waals surface area contributed by atoms with E-state index in [1.807, 2.05) is 37.3 Å². The van der Waals surface area contributed by atoms with Gasteiger partial charge in [0.05, 0.1) is 38.9 Å². The lowest BCUT2D eigenvalue weighted by atomic mass is 9.93. The van der Waals surface area contributed by atoms with Gasteiger partial charge >= 0.3 is 13.7 Å². The maximum Gasteiger partial charge on any atom is 0.406 e. The minimum absolute atomic E-state index is 0.106. The fourth-order valence-electron chi connectivity index (χ4n) is 5.14. The largest absolute Gasteiger partial charge is 0.479 e. The molecule has 1 aliphatic heterocycles. The number of nitrogens with zero attached hydrogens (tertiary/aromatic N) is 7. The molecule has 0 radical (unpaired) electrons. The van der Waals surface area contributed by atoms with Gasteiger partial charge in [0, 0.05) is 4.91 Å². The van der Waals surface area contributed by atoms with E-state index in [0.717, 1.165) is 18.4 Å². The van der Waals surface area contributed by atoms with Crippen molar-refractivity contribution >= 4 is 30.8 Å². The average Bonchev–Trinajstić information content (AvgIpc) is 3.56. The number of azide groups is 1. The molecule has 3 aromatic rings. The number of imidazole rings is 1. The number of aliphatic hydroxyl groups is 1. The van der Waals surface area contributed by atoms with Gasteiger partial charge in [0.15, 0.2) is 17.4 Å². The van der Waals surface area contributed by atoms with Gasteiger partial charge in [0.2, 0.25) is 11.8 Å². The van der Waals surface area contributed by atoms with E-state index in [1.165, 1.54) is 31.9 Å². The number of nitrogen functional groups attached to an aromatic ring is 1. The summed E-state index contributed by atoms with van der Waals surface area (Å²) in [6, 6.07) is 8.16. The van der Waals surface area contributed by atoms with Crippen LogP contribution in [0.1, 0.15) is 64.9 Å². The lowest BCUT2D eigenvalue weighted by Gasteiger charge is -2.29. The molecule has 0 amide bonds. The van der Waals surface area contributed by atoms with Crippen molar-refractivity contribution in [1.82, 2.24) is 24.6 Å². The number of hydrogen-bond acceptors (Lipinski definition) is 13. The third-order valence-electron chi connectivity index (χ3n) is 7.53. The molecule has 17 nitrogen and oxygen atoms in total. The van der Waals surface area contributed by atoms with Crippen LogP contribution >= 0.6 is 7.75 Å². The zero-order chi connectivity index (χ0) is 33.5. The number of aromatic nitrogens is 4. The summed E-state index contributed by atoms with van der Waals surface area (Å²) < 4.78 is 44.4. The Balaban J connectivity index is 1.65. The zero-order valence-corrected chi connectivity index (χ0v) is 27.2. The van der Waals surface area contributed by atoms with Crippen molar-refractivity contribution < 1.29 is 37.7 Å². The molecule has 0 spiro atoms. The monoisotopic (exact) mass is 661 g/mol.